The summed E-state index contributed by atoms with van der Waals surface area (Å²) in [5.74, 6) is -1.39. The molecular weight excluding hydrogens is 356 g/mol. The molecule has 7 heteroatoms. The van der Waals surface area contributed by atoms with E-state index in [1.54, 1.807) is 0 Å². The highest BCUT2D eigenvalue weighted by atomic mass is 35.5. The fourth-order valence-corrected chi connectivity index (χ4v) is 3.57. The van der Waals surface area contributed by atoms with Crippen LogP contribution in [0.15, 0.2) is 48.8 Å². The van der Waals surface area contributed by atoms with Gasteiger partial charge >= 0.3 is 5.97 Å². The van der Waals surface area contributed by atoms with Crippen LogP contribution in [0.1, 0.15) is 22.3 Å². The van der Waals surface area contributed by atoms with Crippen molar-refractivity contribution < 1.29 is 19.8 Å². The van der Waals surface area contributed by atoms with Gasteiger partial charge in [0, 0.05) is 25.5 Å². The van der Waals surface area contributed by atoms with E-state index < -0.39 is 17.5 Å². The van der Waals surface area contributed by atoms with Gasteiger partial charge in [-0.25, -0.2) is 0 Å². The van der Waals surface area contributed by atoms with Crippen molar-refractivity contribution in [2.75, 3.05) is 13.1 Å². The lowest BCUT2D eigenvalue weighted by atomic mass is 9.71. The molecule has 26 heavy (non-hydrogen) atoms. The van der Waals surface area contributed by atoms with Crippen molar-refractivity contribution in [3.05, 3.63) is 64.9 Å². The molecule has 0 spiro atoms. The van der Waals surface area contributed by atoms with E-state index in [0.29, 0.717) is 5.56 Å². The van der Waals surface area contributed by atoms with Crippen LogP contribution in [0.3, 0.4) is 0 Å². The zero-order chi connectivity index (χ0) is 18.7. The van der Waals surface area contributed by atoms with Crippen LogP contribution in [0.25, 0.3) is 0 Å². The van der Waals surface area contributed by atoms with Crippen molar-refractivity contribution in [2.24, 2.45) is 5.41 Å². The Morgan fingerprint density at radius 3 is 2.62 bits per heavy atom. The third kappa shape index (κ3) is 3.43. The minimum atomic E-state index is -1.32. The maximum absolute atomic E-state index is 12.7. The van der Waals surface area contributed by atoms with Gasteiger partial charge in [0.15, 0.2) is 0 Å². The summed E-state index contributed by atoms with van der Waals surface area (Å²) in [7, 11) is 0. The lowest BCUT2D eigenvalue weighted by Gasteiger charge is -2.43. The lowest BCUT2D eigenvalue weighted by molar-refractivity contribution is -0.161. The number of piperidine rings is 1. The molecule has 2 N–H and O–H groups in total. The molecule has 2 aromatic rings. The molecule has 2 heterocycles. The number of amides is 1. The smallest absolute Gasteiger partial charge is 0.312 e. The third-order valence-corrected chi connectivity index (χ3v) is 5.24. The summed E-state index contributed by atoms with van der Waals surface area (Å²) in [5, 5.41) is 20.7. The van der Waals surface area contributed by atoms with Crippen LogP contribution in [0.5, 0.6) is 0 Å². The van der Waals surface area contributed by atoms with Crippen molar-refractivity contribution in [3.8, 4) is 0 Å². The van der Waals surface area contributed by atoms with E-state index in [0.717, 1.165) is 5.56 Å². The zero-order valence-electron chi connectivity index (χ0n) is 14.0. The number of aromatic nitrogens is 1. The Morgan fingerprint density at radius 1 is 1.27 bits per heavy atom. The average molecular weight is 375 g/mol. The molecule has 0 unspecified atom stereocenters. The SMILES string of the molecule is O=C(c1ccncc1Cl)N1CC[C@](Cc2ccccc2)(C(=O)O)[C@H](O)C1. The molecule has 6 nitrogen and oxygen atoms in total. The molecule has 0 radical (unpaired) electrons. The second-order valence-corrected chi connectivity index (χ2v) is 6.90. The number of β-amino-alcohol motifs (C(OH)–C–C–N with tert-alkyl or cyclic N) is 1. The molecule has 1 aliphatic rings. The lowest BCUT2D eigenvalue weighted by Crippen LogP contribution is -2.57. The average Bonchev–Trinajstić information content (AvgIpc) is 2.64. The van der Waals surface area contributed by atoms with E-state index in [-0.39, 0.29) is 36.9 Å². The van der Waals surface area contributed by atoms with Crippen LogP contribution in [-0.2, 0) is 11.2 Å². The number of nitrogens with zero attached hydrogens (tertiary/aromatic N) is 2. The van der Waals surface area contributed by atoms with Gasteiger partial charge in [0.2, 0.25) is 0 Å². The number of carboxylic acids is 1. The van der Waals surface area contributed by atoms with Gasteiger partial charge in [-0.1, -0.05) is 41.9 Å². The molecule has 1 fully saturated rings. The van der Waals surface area contributed by atoms with Gasteiger partial charge in [0.25, 0.3) is 5.91 Å². The maximum Gasteiger partial charge on any atom is 0.312 e. The molecule has 2 atom stereocenters. The number of hydrogen-bond acceptors (Lipinski definition) is 4. The molecule has 3 rings (SSSR count). The standard InChI is InChI=1S/C19H19ClN2O4/c20-15-11-21-8-6-14(15)17(24)22-9-7-19(18(25)26,16(23)12-22)10-13-4-2-1-3-5-13/h1-6,8,11,16,23H,7,9-10,12H2,(H,25,26)/t16-,19-/m1/s1. The van der Waals surface area contributed by atoms with E-state index >= 15 is 0 Å². The first-order chi connectivity index (χ1) is 12.4. The minimum absolute atomic E-state index is 0.0589. The highest BCUT2D eigenvalue weighted by molar-refractivity contribution is 6.33. The van der Waals surface area contributed by atoms with Crippen molar-refractivity contribution in [2.45, 2.75) is 18.9 Å². The number of aliphatic hydroxyl groups excluding tert-OH is 1. The van der Waals surface area contributed by atoms with Gasteiger partial charge in [-0.2, -0.15) is 0 Å². The van der Waals surface area contributed by atoms with Crippen LogP contribution >= 0.6 is 11.6 Å². The second-order valence-electron chi connectivity index (χ2n) is 6.50. The van der Waals surface area contributed by atoms with Crippen LogP contribution < -0.4 is 0 Å². The number of carbonyl (C=O) groups is 2. The van der Waals surface area contributed by atoms with E-state index in [9.17, 15) is 19.8 Å². The Kier molecular flexibility index (Phi) is 5.25. The summed E-state index contributed by atoms with van der Waals surface area (Å²) >= 11 is 6.02. The number of rotatable bonds is 4. The van der Waals surface area contributed by atoms with Crippen LogP contribution in [0.4, 0.5) is 0 Å². The largest absolute Gasteiger partial charge is 0.481 e. The minimum Gasteiger partial charge on any atom is -0.481 e. The molecule has 0 saturated carbocycles. The third-order valence-electron chi connectivity index (χ3n) is 4.94. The summed E-state index contributed by atoms with van der Waals surface area (Å²) in [6.07, 6.45) is 2.04. The highest BCUT2D eigenvalue weighted by Gasteiger charge is 2.49. The number of halogens is 1. The number of aliphatic hydroxyl groups is 1. The molecule has 1 aliphatic heterocycles. The Morgan fingerprint density at radius 2 is 2.00 bits per heavy atom. The zero-order valence-corrected chi connectivity index (χ0v) is 14.8. The van der Waals surface area contributed by atoms with Crippen molar-refractivity contribution in [1.82, 2.24) is 9.88 Å². The number of likely N-dealkylation sites (tertiary alicyclic amines) is 1. The van der Waals surface area contributed by atoms with Gasteiger partial charge in [-0.15, -0.1) is 0 Å². The van der Waals surface area contributed by atoms with Crippen LogP contribution in [0.2, 0.25) is 5.02 Å². The Labute approximate surface area is 156 Å². The fraction of sp³-hybridized carbons (Fsp3) is 0.316. The van der Waals surface area contributed by atoms with Crippen molar-refractivity contribution in [1.29, 1.82) is 0 Å². The normalized spacial score (nSPS) is 22.8. The summed E-state index contributed by atoms with van der Waals surface area (Å²) in [5.41, 5.74) is -0.189. The number of pyridine rings is 1. The first-order valence-corrected chi connectivity index (χ1v) is 8.66. The number of hydrogen-bond donors (Lipinski definition) is 2. The summed E-state index contributed by atoms with van der Waals surface area (Å²) < 4.78 is 0. The highest BCUT2D eigenvalue weighted by Crippen LogP contribution is 2.36. The van der Waals surface area contributed by atoms with E-state index in [2.05, 4.69) is 4.98 Å². The molecule has 1 amide bonds. The first kappa shape index (κ1) is 18.4. The Bertz CT molecular complexity index is 814. The van der Waals surface area contributed by atoms with Crippen molar-refractivity contribution in [3.63, 3.8) is 0 Å². The predicted molar refractivity (Wildman–Crippen MR) is 96.0 cm³/mol. The molecule has 1 aromatic heterocycles. The summed E-state index contributed by atoms with van der Waals surface area (Å²) in [4.78, 5) is 30.0. The molecule has 136 valence electrons. The van der Waals surface area contributed by atoms with E-state index in [1.165, 1.54) is 23.4 Å². The molecule has 0 bridgehead atoms. The Hall–Kier alpha value is -2.44. The number of carbonyl (C=O) groups excluding carboxylic acids is 1. The topological polar surface area (TPSA) is 90.7 Å². The molecule has 1 aromatic carbocycles. The molecule has 1 saturated heterocycles. The molecule has 0 aliphatic carbocycles. The maximum atomic E-state index is 12.7. The number of benzene rings is 1. The van der Waals surface area contributed by atoms with Crippen molar-refractivity contribution >= 4 is 23.5 Å². The summed E-state index contributed by atoms with van der Waals surface area (Å²) in [6.45, 7) is 0.171. The Balaban J connectivity index is 1.80. The van der Waals surface area contributed by atoms with E-state index in [1.807, 2.05) is 30.3 Å². The number of aliphatic carboxylic acids is 1. The fourth-order valence-electron chi connectivity index (χ4n) is 3.37. The first-order valence-electron chi connectivity index (χ1n) is 8.28. The van der Waals surface area contributed by atoms with Gasteiger partial charge in [-0.3, -0.25) is 14.6 Å². The monoisotopic (exact) mass is 374 g/mol. The van der Waals surface area contributed by atoms with Gasteiger partial charge in [0.1, 0.15) is 5.41 Å². The quantitative estimate of drug-likeness (QED) is 0.856. The van der Waals surface area contributed by atoms with Gasteiger partial charge in [-0.05, 0) is 24.5 Å². The predicted octanol–water partition coefficient (Wildman–Crippen LogP) is 2.26. The van der Waals surface area contributed by atoms with E-state index in [4.69, 9.17) is 11.6 Å². The number of carboxylic acid groups (broad SMARTS) is 1. The summed E-state index contributed by atoms with van der Waals surface area (Å²) in [6, 6.07) is 10.7. The molecular formula is C19H19ClN2O4. The van der Waals surface area contributed by atoms with Gasteiger partial charge < -0.3 is 15.1 Å². The second kappa shape index (κ2) is 7.43. The van der Waals surface area contributed by atoms with Crippen LogP contribution in [-0.4, -0.2) is 51.2 Å². The van der Waals surface area contributed by atoms with Gasteiger partial charge in [0.05, 0.1) is 16.7 Å². The van der Waals surface area contributed by atoms with Crippen LogP contribution in [0, 0.1) is 5.41 Å².